The van der Waals surface area contributed by atoms with Crippen molar-refractivity contribution < 1.29 is 8.42 Å². The van der Waals surface area contributed by atoms with Gasteiger partial charge in [0, 0.05) is 23.2 Å². The number of hydrogen-bond acceptors (Lipinski definition) is 5. The van der Waals surface area contributed by atoms with E-state index in [-0.39, 0.29) is 9.75 Å². The van der Waals surface area contributed by atoms with Crippen molar-refractivity contribution in [3.8, 4) is 0 Å². The van der Waals surface area contributed by atoms with Crippen LogP contribution in [0.5, 0.6) is 0 Å². The van der Waals surface area contributed by atoms with Gasteiger partial charge >= 0.3 is 0 Å². The SMILES string of the molecule is CC1CCCC(CNS(=O)(=O)c2cc(N)cs2)(N(C)C)C1. The second-order valence-electron chi connectivity index (χ2n) is 6.34. The van der Waals surface area contributed by atoms with E-state index in [1.54, 1.807) is 5.38 Å². The van der Waals surface area contributed by atoms with Gasteiger partial charge < -0.3 is 10.6 Å². The van der Waals surface area contributed by atoms with Crippen LogP contribution in [0.25, 0.3) is 0 Å². The number of thiophene rings is 1. The van der Waals surface area contributed by atoms with Gasteiger partial charge in [0.1, 0.15) is 4.21 Å². The fourth-order valence-electron chi connectivity index (χ4n) is 3.13. The third-order valence-electron chi connectivity index (χ3n) is 4.47. The van der Waals surface area contributed by atoms with Gasteiger partial charge in [-0.15, -0.1) is 11.3 Å². The molecule has 120 valence electrons. The van der Waals surface area contributed by atoms with Gasteiger partial charge in [0.25, 0.3) is 0 Å². The molecule has 0 radical (unpaired) electrons. The summed E-state index contributed by atoms with van der Waals surface area (Å²) in [4.78, 5) is 2.17. The molecule has 0 bridgehead atoms. The molecule has 2 rings (SSSR count). The Labute approximate surface area is 131 Å². The predicted octanol–water partition coefficient (Wildman–Crippen LogP) is 2.12. The van der Waals surface area contributed by atoms with Crippen molar-refractivity contribution in [2.45, 2.75) is 42.4 Å². The lowest BCUT2D eigenvalue weighted by atomic mass is 9.75. The summed E-state index contributed by atoms with van der Waals surface area (Å²) in [6, 6.07) is 1.51. The van der Waals surface area contributed by atoms with E-state index in [0.29, 0.717) is 18.2 Å². The zero-order valence-electron chi connectivity index (χ0n) is 12.9. The molecule has 21 heavy (non-hydrogen) atoms. The van der Waals surface area contributed by atoms with Crippen LogP contribution in [0.3, 0.4) is 0 Å². The molecule has 1 aromatic rings. The molecule has 0 amide bonds. The maximum Gasteiger partial charge on any atom is 0.250 e. The second kappa shape index (κ2) is 6.24. The highest BCUT2D eigenvalue weighted by Gasteiger charge is 2.38. The van der Waals surface area contributed by atoms with Crippen molar-refractivity contribution in [2.75, 3.05) is 26.4 Å². The lowest BCUT2D eigenvalue weighted by Crippen LogP contribution is -2.54. The lowest BCUT2D eigenvalue weighted by Gasteiger charge is -2.45. The van der Waals surface area contributed by atoms with Crippen molar-refractivity contribution in [2.24, 2.45) is 5.92 Å². The average molecular weight is 332 g/mol. The van der Waals surface area contributed by atoms with Gasteiger partial charge in [-0.05, 0) is 38.9 Å². The first kappa shape index (κ1) is 16.7. The van der Waals surface area contributed by atoms with Crippen molar-refractivity contribution in [1.29, 1.82) is 0 Å². The van der Waals surface area contributed by atoms with E-state index in [0.717, 1.165) is 30.6 Å². The highest BCUT2D eigenvalue weighted by molar-refractivity contribution is 7.91. The lowest BCUT2D eigenvalue weighted by molar-refractivity contribution is 0.0805. The first-order chi connectivity index (χ1) is 9.75. The van der Waals surface area contributed by atoms with E-state index < -0.39 is 10.0 Å². The highest BCUT2D eigenvalue weighted by Crippen LogP contribution is 2.35. The van der Waals surface area contributed by atoms with Crippen LogP contribution in [0, 0.1) is 5.92 Å². The molecular formula is C14H25N3O2S2. The van der Waals surface area contributed by atoms with Gasteiger partial charge in [0.2, 0.25) is 10.0 Å². The monoisotopic (exact) mass is 331 g/mol. The summed E-state index contributed by atoms with van der Waals surface area (Å²) in [6.07, 6.45) is 4.42. The molecule has 1 aliphatic carbocycles. The number of rotatable bonds is 5. The zero-order chi connectivity index (χ0) is 15.7. The summed E-state index contributed by atoms with van der Waals surface area (Å²) in [5.74, 6) is 0.628. The van der Waals surface area contributed by atoms with Gasteiger partial charge in [0.05, 0.1) is 0 Å². The first-order valence-corrected chi connectivity index (χ1v) is 9.63. The van der Waals surface area contributed by atoms with Gasteiger partial charge in [0.15, 0.2) is 0 Å². The molecule has 0 aliphatic heterocycles. The van der Waals surface area contributed by atoms with Crippen LogP contribution in [0.1, 0.15) is 32.6 Å². The Morgan fingerprint density at radius 1 is 1.52 bits per heavy atom. The first-order valence-electron chi connectivity index (χ1n) is 7.26. The van der Waals surface area contributed by atoms with Crippen molar-refractivity contribution in [3.05, 3.63) is 11.4 Å². The van der Waals surface area contributed by atoms with Crippen LogP contribution in [0.15, 0.2) is 15.7 Å². The summed E-state index contributed by atoms with van der Waals surface area (Å²) in [6.45, 7) is 2.69. The molecule has 1 aliphatic rings. The largest absolute Gasteiger partial charge is 0.398 e. The molecule has 0 spiro atoms. The standard InChI is InChI=1S/C14H25N3O2S2/c1-11-5-4-6-14(8-11,17(2)3)10-16-21(18,19)13-7-12(15)9-20-13/h7,9,11,16H,4-6,8,10,15H2,1-3H3. The fraction of sp³-hybridized carbons (Fsp3) is 0.714. The van der Waals surface area contributed by atoms with Gasteiger partial charge in [-0.3, -0.25) is 0 Å². The zero-order valence-corrected chi connectivity index (χ0v) is 14.6. The summed E-state index contributed by atoms with van der Waals surface area (Å²) in [5.41, 5.74) is 6.02. The number of sulfonamides is 1. The number of nitrogens with two attached hydrogens (primary N) is 1. The van der Waals surface area contributed by atoms with E-state index in [4.69, 9.17) is 5.73 Å². The maximum absolute atomic E-state index is 12.4. The third kappa shape index (κ3) is 3.77. The maximum atomic E-state index is 12.4. The molecule has 1 fully saturated rings. The average Bonchev–Trinajstić information content (AvgIpc) is 2.84. The molecular weight excluding hydrogens is 306 g/mol. The number of nitrogens with one attached hydrogen (secondary N) is 1. The van der Waals surface area contributed by atoms with Crippen LogP contribution in [0.2, 0.25) is 0 Å². The Balaban J connectivity index is 2.12. The summed E-state index contributed by atoms with van der Waals surface area (Å²) in [7, 11) is 0.608. The van der Waals surface area contributed by atoms with Crippen molar-refractivity contribution in [1.82, 2.24) is 9.62 Å². The minimum Gasteiger partial charge on any atom is -0.398 e. The number of likely N-dealkylation sites (N-methyl/N-ethyl adjacent to an activating group) is 1. The van der Waals surface area contributed by atoms with Gasteiger partial charge in [-0.1, -0.05) is 19.8 Å². The highest BCUT2D eigenvalue weighted by atomic mass is 32.2. The van der Waals surface area contributed by atoms with Crippen molar-refractivity contribution >= 4 is 27.0 Å². The molecule has 1 heterocycles. The second-order valence-corrected chi connectivity index (χ2v) is 9.25. The minimum absolute atomic E-state index is 0.0897. The fourth-order valence-corrected chi connectivity index (χ4v) is 5.37. The van der Waals surface area contributed by atoms with E-state index in [1.807, 2.05) is 14.1 Å². The summed E-state index contributed by atoms with van der Waals surface area (Å²) < 4.78 is 27.8. The topological polar surface area (TPSA) is 75.4 Å². The predicted molar refractivity (Wildman–Crippen MR) is 88.0 cm³/mol. The van der Waals surface area contributed by atoms with Gasteiger partial charge in [-0.25, -0.2) is 13.1 Å². The number of nitrogens with zero attached hydrogens (tertiary/aromatic N) is 1. The Morgan fingerprint density at radius 3 is 2.76 bits per heavy atom. The number of anilines is 1. The summed E-state index contributed by atoms with van der Waals surface area (Å²) in [5, 5.41) is 1.65. The smallest absolute Gasteiger partial charge is 0.250 e. The quantitative estimate of drug-likeness (QED) is 0.866. The molecule has 1 saturated carbocycles. The Kier molecular flexibility index (Phi) is 4.97. The van der Waals surface area contributed by atoms with E-state index in [1.165, 1.54) is 12.5 Å². The van der Waals surface area contributed by atoms with Crippen LogP contribution >= 0.6 is 11.3 Å². The molecule has 3 N–H and O–H groups in total. The Hall–Kier alpha value is -0.630. The Morgan fingerprint density at radius 2 is 2.24 bits per heavy atom. The molecule has 7 heteroatoms. The number of hydrogen-bond donors (Lipinski definition) is 2. The number of nitrogen functional groups attached to an aromatic ring is 1. The van der Waals surface area contributed by atoms with Crippen LogP contribution in [0.4, 0.5) is 5.69 Å². The van der Waals surface area contributed by atoms with Crippen molar-refractivity contribution in [3.63, 3.8) is 0 Å². The molecule has 5 nitrogen and oxygen atoms in total. The van der Waals surface area contributed by atoms with E-state index in [2.05, 4.69) is 16.5 Å². The molecule has 0 aromatic carbocycles. The molecule has 2 unspecified atom stereocenters. The molecule has 1 aromatic heterocycles. The Bertz CT molecular complexity index is 583. The normalized spacial score (nSPS) is 27.1. The van der Waals surface area contributed by atoms with E-state index in [9.17, 15) is 8.42 Å². The van der Waals surface area contributed by atoms with Crippen LogP contribution < -0.4 is 10.5 Å². The minimum atomic E-state index is -3.47. The molecule has 2 atom stereocenters. The van der Waals surface area contributed by atoms with Crippen LogP contribution in [-0.4, -0.2) is 39.5 Å². The molecule has 0 saturated heterocycles. The summed E-state index contributed by atoms with van der Waals surface area (Å²) >= 11 is 1.16. The van der Waals surface area contributed by atoms with Crippen LogP contribution in [-0.2, 0) is 10.0 Å². The van der Waals surface area contributed by atoms with Gasteiger partial charge in [-0.2, -0.15) is 0 Å². The van der Waals surface area contributed by atoms with E-state index >= 15 is 0 Å². The third-order valence-corrected chi connectivity index (χ3v) is 7.33.